The number of ketones is 1. The molecule has 1 aromatic carbocycles. The van der Waals surface area contributed by atoms with Crippen LogP contribution in [0.5, 0.6) is 0 Å². The first-order valence-electron chi connectivity index (χ1n) is 8.54. The molecule has 0 saturated heterocycles. The zero-order valence-corrected chi connectivity index (χ0v) is 15.8. The van der Waals surface area contributed by atoms with Gasteiger partial charge in [-0.2, -0.15) is 0 Å². The van der Waals surface area contributed by atoms with Crippen LogP contribution in [-0.4, -0.2) is 55.1 Å². The van der Waals surface area contributed by atoms with Crippen LogP contribution >= 0.6 is 0 Å². The van der Waals surface area contributed by atoms with Crippen LogP contribution in [0.2, 0.25) is 0 Å². The van der Waals surface area contributed by atoms with Gasteiger partial charge in [0.2, 0.25) is 5.91 Å². The lowest BCUT2D eigenvalue weighted by atomic mass is 10.1. The smallest absolute Gasteiger partial charge is 0.409 e. The van der Waals surface area contributed by atoms with Crippen LogP contribution in [0.4, 0.5) is 16.2 Å². The Balaban J connectivity index is 2.84. The molecule has 2 amide bonds. The number of carbonyl (C=O) groups is 3. The molecule has 0 aliphatic carbocycles. The van der Waals surface area contributed by atoms with E-state index in [0.29, 0.717) is 30.5 Å². The molecule has 4 N–H and O–H groups in total. The summed E-state index contributed by atoms with van der Waals surface area (Å²) in [7, 11) is 0. The molecule has 26 heavy (non-hydrogen) atoms. The number of carbonyl (C=O) groups excluding carboxylic acids is 2. The van der Waals surface area contributed by atoms with Gasteiger partial charge < -0.3 is 20.6 Å². The zero-order chi connectivity index (χ0) is 19.7. The van der Waals surface area contributed by atoms with Crippen molar-refractivity contribution >= 4 is 29.2 Å². The second kappa shape index (κ2) is 10.4. The summed E-state index contributed by atoms with van der Waals surface area (Å²) < 4.78 is 0. The Hall–Kier alpha value is -2.61. The van der Waals surface area contributed by atoms with Crippen molar-refractivity contribution in [2.24, 2.45) is 0 Å². The Morgan fingerprint density at radius 2 is 1.85 bits per heavy atom. The van der Waals surface area contributed by atoms with E-state index in [9.17, 15) is 14.4 Å². The van der Waals surface area contributed by atoms with Gasteiger partial charge in [-0.1, -0.05) is 19.9 Å². The molecule has 1 rings (SSSR count). The molecular weight excluding hydrogens is 336 g/mol. The van der Waals surface area contributed by atoms with Crippen molar-refractivity contribution in [3.8, 4) is 0 Å². The Morgan fingerprint density at radius 3 is 2.42 bits per heavy atom. The van der Waals surface area contributed by atoms with Gasteiger partial charge in [-0.15, -0.1) is 0 Å². The first-order valence-corrected chi connectivity index (χ1v) is 8.54. The van der Waals surface area contributed by atoms with Gasteiger partial charge in [0.05, 0.1) is 13.1 Å². The number of benzene rings is 1. The van der Waals surface area contributed by atoms with Crippen LogP contribution in [0.1, 0.15) is 26.3 Å². The highest BCUT2D eigenvalue weighted by Crippen LogP contribution is 2.24. The molecule has 1 aromatic rings. The van der Waals surface area contributed by atoms with Crippen LogP contribution in [-0.2, 0) is 9.59 Å². The molecule has 144 valence electrons. The summed E-state index contributed by atoms with van der Waals surface area (Å²) in [4.78, 5) is 36.3. The lowest BCUT2D eigenvalue weighted by Gasteiger charge is -2.25. The molecule has 0 spiro atoms. The van der Waals surface area contributed by atoms with Gasteiger partial charge >= 0.3 is 6.09 Å². The molecule has 0 atom stereocenters. The summed E-state index contributed by atoms with van der Waals surface area (Å²) in [6, 6.07) is 5.35. The molecule has 0 aromatic heterocycles. The zero-order valence-electron chi connectivity index (χ0n) is 15.8. The summed E-state index contributed by atoms with van der Waals surface area (Å²) in [5, 5.41) is 17.2. The van der Waals surface area contributed by atoms with E-state index < -0.39 is 6.09 Å². The largest absolute Gasteiger partial charge is 0.465 e. The van der Waals surface area contributed by atoms with Gasteiger partial charge in [0.25, 0.3) is 0 Å². The van der Waals surface area contributed by atoms with Crippen molar-refractivity contribution < 1.29 is 19.5 Å². The number of aryl methyl sites for hydroxylation is 1. The Bertz CT molecular complexity index is 646. The fraction of sp³-hybridized carbons (Fsp3) is 0.500. The molecule has 0 heterocycles. The van der Waals surface area contributed by atoms with Crippen molar-refractivity contribution in [1.29, 1.82) is 0 Å². The number of carboxylic acid groups (broad SMARTS) is 1. The van der Waals surface area contributed by atoms with Crippen LogP contribution < -0.4 is 20.9 Å². The minimum absolute atomic E-state index is 0.0125. The number of nitrogens with zero attached hydrogens (tertiary/aromatic N) is 1. The van der Waals surface area contributed by atoms with Crippen molar-refractivity contribution in [3.05, 3.63) is 23.8 Å². The number of rotatable bonds is 10. The van der Waals surface area contributed by atoms with E-state index >= 15 is 0 Å². The number of anilines is 2. The molecule has 8 heteroatoms. The second-order valence-corrected chi connectivity index (χ2v) is 6.45. The highest BCUT2D eigenvalue weighted by atomic mass is 16.4. The maximum Gasteiger partial charge on any atom is 0.409 e. The van der Waals surface area contributed by atoms with Gasteiger partial charge in [-0.25, -0.2) is 4.79 Å². The van der Waals surface area contributed by atoms with Gasteiger partial charge in [-0.05, 0) is 31.5 Å². The summed E-state index contributed by atoms with van der Waals surface area (Å²) in [6.45, 7) is 8.57. The average molecular weight is 364 g/mol. The van der Waals surface area contributed by atoms with E-state index in [4.69, 9.17) is 5.11 Å². The maximum absolute atomic E-state index is 12.2. The average Bonchev–Trinajstić information content (AvgIpc) is 2.51. The standard InChI is InChI=1S/C18H28N4O4/c1-12(2)19-7-8-20-17(24)11-22(10-14(4)23)16-9-15(21-18(25)26)6-5-13(16)3/h5-6,9,12,19,21H,7-8,10-11H2,1-4H3,(H,20,24)(H,25,26). The quantitative estimate of drug-likeness (QED) is 0.469. The summed E-state index contributed by atoms with van der Waals surface area (Å²) in [5.74, 6) is -0.289. The Labute approximate surface area is 153 Å². The molecule has 0 aliphatic rings. The van der Waals surface area contributed by atoms with E-state index in [2.05, 4.69) is 16.0 Å². The molecule has 0 aliphatic heterocycles. The molecule has 0 bridgehead atoms. The molecule has 0 radical (unpaired) electrons. The van der Waals surface area contributed by atoms with Gasteiger partial charge in [0.15, 0.2) is 0 Å². The lowest BCUT2D eigenvalue weighted by molar-refractivity contribution is -0.119. The van der Waals surface area contributed by atoms with Gasteiger partial charge in [-0.3, -0.25) is 14.9 Å². The van der Waals surface area contributed by atoms with E-state index in [1.165, 1.54) is 6.92 Å². The third-order valence-corrected chi connectivity index (χ3v) is 3.55. The summed E-state index contributed by atoms with van der Waals surface area (Å²) in [6.07, 6.45) is -1.17. The lowest BCUT2D eigenvalue weighted by Crippen LogP contribution is -2.42. The van der Waals surface area contributed by atoms with Gasteiger partial charge in [0.1, 0.15) is 5.78 Å². The monoisotopic (exact) mass is 364 g/mol. The molecule has 0 saturated carbocycles. The first-order chi connectivity index (χ1) is 12.2. The minimum atomic E-state index is -1.17. The Kier molecular flexibility index (Phi) is 8.57. The van der Waals surface area contributed by atoms with Crippen molar-refractivity contribution in [3.63, 3.8) is 0 Å². The third kappa shape index (κ3) is 7.98. The van der Waals surface area contributed by atoms with E-state index in [-0.39, 0.29) is 24.8 Å². The molecule has 8 nitrogen and oxygen atoms in total. The minimum Gasteiger partial charge on any atom is -0.465 e. The fourth-order valence-electron chi connectivity index (χ4n) is 2.44. The van der Waals surface area contributed by atoms with Gasteiger partial charge in [0, 0.05) is 30.5 Å². The van der Waals surface area contributed by atoms with E-state index in [1.54, 1.807) is 23.1 Å². The third-order valence-electron chi connectivity index (χ3n) is 3.55. The molecule has 0 unspecified atom stereocenters. The van der Waals surface area contributed by atoms with E-state index in [0.717, 1.165) is 5.56 Å². The van der Waals surface area contributed by atoms with Crippen LogP contribution in [0.3, 0.4) is 0 Å². The number of hydrogen-bond donors (Lipinski definition) is 4. The normalized spacial score (nSPS) is 10.5. The topological polar surface area (TPSA) is 111 Å². The Morgan fingerprint density at radius 1 is 1.15 bits per heavy atom. The number of amides is 2. The van der Waals surface area contributed by atoms with E-state index in [1.807, 2.05) is 20.8 Å². The SMILES string of the molecule is CC(=O)CN(CC(=O)NCCNC(C)C)c1cc(NC(=O)O)ccc1C. The number of nitrogens with one attached hydrogen (secondary N) is 3. The van der Waals surface area contributed by atoms with Crippen LogP contribution in [0.15, 0.2) is 18.2 Å². The number of Topliss-reactive ketones (excluding diaryl/α,β-unsaturated/α-hetero) is 1. The van der Waals surface area contributed by atoms with Crippen molar-refractivity contribution in [2.45, 2.75) is 33.7 Å². The fourth-order valence-corrected chi connectivity index (χ4v) is 2.44. The number of hydrogen-bond acceptors (Lipinski definition) is 5. The van der Waals surface area contributed by atoms with Crippen molar-refractivity contribution in [1.82, 2.24) is 10.6 Å². The van der Waals surface area contributed by atoms with Crippen LogP contribution in [0.25, 0.3) is 0 Å². The predicted octanol–water partition coefficient (Wildman–Crippen LogP) is 1.59. The maximum atomic E-state index is 12.2. The van der Waals surface area contributed by atoms with Crippen LogP contribution in [0, 0.1) is 6.92 Å². The second-order valence-electron chi connectivity index (χ2n) is 6.45. The summed E-state index contributed by atoms with van der Waals surface area (Å²) in [5.41, 5.74) is 1.87. The highest BCUT2D eigenvalue weighted by Gasteiger charge is 2.16. The molecule has 0 fully saturated rings. The van der Waals surface area contributed by atoms with Crippen molar-refractivity contribution in [2.75, 3.05) is 36.4 Å². The predicted molar refractivity (Wildman–Crippen MR) is 102 cm³/mol. The highest BCUT2D eigenvalue weighted by molar-refractivity contribution is 5.88. The summed E-state index contributed by atoms with van der Waals surface area (Å²) >= 11 is 0. The first kappa shape index (κ1) is 21.4. The molecular formula is C18H28N4O4.